The van der Waals surface area contributed by atoms with Crippen LogP contribution in [-0.4, -0.2) is 6.10 Å². The predicted molar refractivity (Wildman–Crippen MR) is 62.1 cm³/mol. The van der Waals surface area contributed by atoms with E-state index in [2.05, 4.69) is 0 Å². The molecule has 14 heavy (non-hydrogen) atoms. The fourth-order valence-electron chi connectivity index (χ4n) is 1.12. The lowest BCUT2D eigenvalue weighted by Crippen LogP contribution is -2.07. The average Bonchev–Trinajstić information content (AvgIpc) is 2.04. The number of hydrogen-bond donors (Lipinski definition) is 1. The molecule has 0 bridgehead atoms. The van der Waals surface area contributed by atoms with E-state index >= 15 is 0 Å². The number of benzene rings is 1. The van der Waals surface area contributed by atoms with Crippen molar-refractivity contribution >= 4 is 12.4 Å². The van der Waals surface area contributed by atoms with E-state index in [0.717, 1.165) is 11.3 Å². The number of rotatable bonds is 3. The summed E-state index contributed by atoms with van der Waals surface area (Å²) in [6, 6.07) is 8.01. The number of ether oxygens (including phenoxy) is 1. The van der Waals surface area contributed by atoms with E-state index in [0.29, 0.717) is 0 Å². The van der Waals surface area contributed by atoms with Crippen molar-refractivity contribution in [3.63, 3.8) is 0 Å². The second-order valence-corrected chi connectivity index (χ2v) is 3.52. The van der Waals surface area contributed by atoms with Crippen LogP contribution in [0.1, 0.15) is 32.4 Å². The lowest BCUT2D eigenvalue weighted by atomic mass is 10.1. The lowest BCUT2D eigenvalue weighted by molar-refractivity contribution is 0.242. The van der Waals surface area contributed by atoms with E-state index in [1.54, 1.807) is 0 Å². The summed E-state index contributed by atoms with van der Waals surface area (Å²) in [4.78, 5) is 0. The van der Waals surface area contributed by atoms with Gasteiger partial charge in [0.25, 0.3) is 0 Å². The largest absolute Gasteiger partial charge is 0.491 e. The first-order valence-corrected chi connectivity index (χ1v) is 4.62. The molecule has 1 aromatic carbocycles. The van der Waals surface area contributed by atoms with Gasteiger partial charge in [-0.15, -0.1) is 12.4 Å². The molecule has 0 spiro atoms. The molecule has 0 saturated carbocycles. The SMILES string of the molecule is CC(C)Oc1ccc(C(C)N)cc1.Cl. The van der Waals surface area contributed by atoms with Crippen LogP contribution in [-0.2, 0) is 0 Å². The monoisotopic (exact) mass is 215 g/mol. The Bertz CT molecular complexity index is 256. The van der Waals surface area contributed by atoms with Gasteiger partial charge in [0.15, 0.2) is 0 Å². The highest BCUT2D eigenvalue weighted by molar-refractivity contribution is 5.85. The maximum Gasteiger partial charge on any atom is 0.119 e. The smallest absolute Gasteiger partial charge is 0.119 e. The molecular weight excluding hydrogens is 198 g/mol. The zero-order valence-corrected chi connectivity index (χ0v) is 9.67. The van der Waals surface area contributed by atoms with Gasteiger partial charge < -0.3 is 10.5 Å². The second kappa shape index (κ2) is 5.89. The summed E-state index contributed by atoms with van der Waals surface area (Å²) >= 11 is 0. The molecule has 1 aromatic rings. The molecule has 0 aliphatic heterocycles. The molecule has 2 nitrogen and oxygen atoms in total. The van der Waals surface area contributed by atoms with Crippen molar-refractivity contribution in [1.82, 2.24) is 0 Å². The summed E-state index contributed by atoms with van der Waals surface area (Å²) in [7, 11) is 0. The molecule has 0 fully saturated rings. The van der Waals surface area contributed by atoms with Crippen LogP contribution in [0.25, 0.3) is 0 Å². The highest BCUT2D eigenvalue weighted by atomic mass is 35.5. The van der Waals surface area contributed by atoms with Crippen molar-refractivity contribution in [2.45, 2.75) is 32.9 Å². The highest BCUT2D eigenvalue weighted by Crippen LogP contribution is 2.16. The second-order valence-electron chi connectivity index (χ2n) is 3.52. The Hall–Kier alpha value is -0.730. The van der Waals surface area contributed by atoms with Gasteiger partial charge in [0, 0.05) is 6.04 Å². The topological polar surface area (TPSA) is 35.2 Å². The summed E-state index contributed by atoms with van der Waals surface area (Å²) in [6.07, 6.45) is 0.223. The van der Waals surface area contributed by atoms with E-state index in [4.69, 9.17) is 10.5 Å². The summed E-state index contributed by atoms with van der Waals surface area (Å²) in [5, 5.41) is 0. The first-order valence-electron chi connectivity index (χ1n) is 4.62. The van der Waals surface area contributed by atoms with Crippen molar-refractivity contribution in [3.8, 4) is 5.75 Å². The zero-order chi connectivity index (χ0) is 9.84. The van der Waals surface area contributed by atoms with Crippen LogP contribution < -0.4 is 10.5 Å². The summed E-state index contributed by atoms with van der Waals surface area (Å²) in [5.74, 6) is 0.902. The van der Waals surface area contributed by atoms with Gasteiger partial charge in [0.1, 0.15) is 5.75 Å². The fraction of sp³-hybridized carbons (Fsp3) is 0.455. The third-order valence-electron chi connectivity index (χ3n) is 1.78. The quantitative estimate of drug-likeness (QED) is 0.842. The fourth-order valence-corrected chi connectivity index (χ4v) is 1.12. The van der Waals surface area contributed by atoms with E-state index in [1.807, 2.05) is 45.0 Å². The third kappa shape index (κ3) is 3.99. The van der Waals surface area contributed by atoms with Crippen LogP contribution in [0.3, 0.4) is 0 Å². The van der Waals surface area contributed by atoms with Crippen LogP contribution in [0.5, 0.6) is 5.75 Å². The van der Waals surface area contributed by atoms with E-state index in [9.17, 15) is 0 Å². The van der Waals surface area contributed by atoms with Crippen LogP contribution in [0, 0.1) is 0 Å². The minimum absolute atomic E-state index is 0. The Labute approximate surface area is 91.9 Å². The molecule has 0 aliphatic carbocycles. The molecule has 3 heteroatoms. The van der Waals surface area contributed by atoms with Crippen molar-refractivity contribution in [1.29, 1.82) is 0 Å². The van der Waals surface area contributed by atoms with E-state index < -0.39 is 0 Å². The first kappa shape index (κ1) is 13.3. The molecule has 0 radical (unpaired) electrons. The summed E-state index contributed by atoms with van der Waals surface area (Å²) < 4.78 is 5.51. The normalized spacial score (nSPS) is 12.1. The summed E-state index contributed by atoms with van der Waals surface area (Å²) in [5.41, 5.74) is 6.86. The molecular formula is C11H18ClNO. The molecule has 0 saturated heterocycles. The number of nitrogens with two attached hydrogens (primary N) is 1. The van der Waals surface area contributed by atoms with E-state index in [-0.39, 0.29) is 24.6 Å². The van der Waals surface area contributed by atoms with Gasteiger partial charge in [-0.05, 0) is 38.5 Å². The maximum atomic E-state index is 5.72. The Morgan fingerprint density at radius 1 is 1.07 bits per heavy atom. The summed E-state index contributed by atoms with van der Waals surface area (Å²) in [6.45, 7) is 6.00. The van der Waals surface area contributed by atoms with Crippen molar-refractivity contribution in [2.75, 3.05) is 0 Å². The molecule has 0 aromatic heterocycles. The standard InChI is InChI=1S/C11H17NO.ClH/c1-8(2)13-11-6-4-10(5-7-11)9(3)12;/h4-9H,12H2,1-3H3;1H. The van der Waals surface area contributed by atoms with Crippen LogP contribution in [0.15, 0.2) is 24.3 Å². The van der Waals surface area contributed by atoms with Crippen molar-refractivity contribution in [2.24, 2.45) is 5.73 Å². The van der Waals surface area contributed by atoms with E-state index in [1.165, 1.54) is 0 Å². The minimum atomic E-state index is 0. The minimum Gasteiger partial charge on any atom is -0.491 e. The van der Waals surface area contributed by atoms with Crippen molar-refractivity contribution in [3.05, 3.63) is 29.8 Å². The Kier molecular flexibility index (Phi) is 5.58. The van der Waals surface area contributed by atoms with Gasteiger partial charge in [-0.1, -0.05) is 12.1 Å². The number of halogens is 1. The van der Waals surface area contributed by atoms with Crippen LogP contribution in [0.2, 0.25) is 0 Å². The molecule has 0 amide bonds. The third-order valence-corrected chi connectivity index (χ3v) is 1.78. The molecule has 1 unspecified atom stereocenters. The van der Waals surface area contributed by atoms with Crippen LogP contribution in [0.4, 0.5) is 0 Å². The molecule has 80 valence electrons. The van der Waals surface area contributed by atoms with Gasteiger partial charge in [-0.3, -0.25) is 0 Å². The van der Waals surface area contributed by atoms with Gasteiger partial charge in [0.05, 0.1) is 6.10 Å². The molecule has 1 rings (SSSR count). The number of hydrogen-bond acceptors (Lipinski definition) is 2. The molecule has 0 aliphatic rings. The molecule has 0 heterocycles. The predicted octanol–water partition coefficient (Wildman–Crippen LogP) is 2.92. The Balaban J connectivity index is 0.00000169. The zero-order valence-electron chi connectivity index (χ0n) is 8.86. The van der Waals surface area contributed by atoms with Gasteiger partial charge in [-0.25, -0.2) is 0 Å². The maximum absolute atomic E-state index is 5.72. The lowest BCUT2D eigenvalue weighted by Gasteiger charge is -2.11. The Morgan fingerprint density at radius 3 is 1.93 bits per heavy atom. The van der Waals surface area contributed by atoms with Gasteiger partial charge >= 0.3 is 0 Å². The molecule has 1 atom stereocenters. The van der Waals surface area contributed by atoms with Crippen LogP contribution >= 0.6 is 12.4 Å². The van der Waals surface area contributed by atoms with Gasteiger partial charge in [0.2, 0.25) is 0 Å². The first-order chi connectivity index (χ1) is 6.09. The Morgan fingerprint density at radius 2 is 1.57 bits per heavy atom. The highest BCUT2D eigenvalue weighted by Gasteiger charge is 2.00. The van der Waals surface area contributed by atoms with Crippen molar-refractivity contribution < 1.29 is 4.74 Å². The van der Waals surface area contributed by atoms with Gasteiger partial charge in [-0.2, -0.15) is 0 Å². The molecule has 2 N–H and O–H groups in total. The average molecular weight is 216 g/mol.